The summed E-state index contributed by atoms with van der Waals surface area (Å²) in [4.78, 5) is 37.4. The second-order valence-corrected chi connectivity index (χ2v) is 5.56. The Balaban J connectivity index is 1.90. The molecule has 0 bridgehead atoms. The summed E-state index contributed by atoms with van der Waals surface area (Å²) in [6.07, 6.45) is 1.66. The van der Waals surface area contributed by atoms with Gasteiger partial charge in [-0.2, -0.15) is 0 Å². The molecule has 1 fully saturated rings. The number of rotatable bonds is 2. The summed E-state index contributed by atoms with van der Waals surface area (Å²) in [6, 6.07) is 5.09. The van der Waals surface area contributed by atoms with Crippen LogP contribution >= 0.6 is 0 Å². The topological polar surface area (TPSA) is 63.7 Å². The zero-order valence-corrected chi connectivity index (χ0v) is 11.9. The summed E-state index contributed by atoms with van der Waals surface area (Å²) in [6.45, 7) is 1.22. The summed E-state index contributed by atoms with van der Waals surface area (Å²) in [5, 5.41) is 0. The number of ketones is 1. The molecule has 0 N–H and O–H groups in total. The normalized spacial score (nSPS) is 19.6. The van der Waals surface area contributed by atoms with Crippen LogP contribution in [-0.4, -0.2) is 42.8 Å². The van der Waals surface area contributed by atoms with Crippen LogP contribution in [0.2, 0.25) is 0 Å². The van der Waals surface area contributed by atoms with Crippen molar-refractivity contribution in [3.8, 4) is 0 Å². The molecule has 0 aromatic heterocycles. The Hall–Kier alpha value is -2.01. The minimum Gasteiger partial charge on any atom is -0.381 e. The van der Waals surface area contributed by atoms with E-state index in [1.54, 1.807) is 18.2 Å². The van der Waals surface area contributed by atoms with E-state index in [4.69, 9.17) is 4.74 Å². The van der Waals surface area contributed by atoms with E-state index >= 15 is 0 Å². The lowest BCUT2D eigenvalue weighted by Crippen LogP contribution is -2.39. The fourth-order valence-electron chi connectivity index (χ4n) is 2.85. The number of Topliss-reactive ketones (excluding diaryl/α,β-unsaturated/α-hetero) is 1. The number of hydrogen-bond donors (Lipinski definition) is 0. The number of likely N-dealkylation sites (N-methyl/N-ethyl adjacent to an activating group) is 1. The highest BCUT2D eigenvalue weighted by molar-refractivity contribution is 6.11. The molecule has 3 rings (SSSR count). The number of hydrogen-bond acceptors (Lipinski definition) is 4. The second-order valence-electron chi connectivity index (χ2n) is 5.56. The molecule has 0 aliphatic carbocycles. The van der Waals surface area contributed by atoms with Crippen molar-refractivity contribution in [2.24, 2.45) is 5.92 Å². The van der Waals surface area contributed by atoms with Gasteiger partial charge in [0.15, 0.2) is 5.78 Å². The van der Waals surface area contributed by atoms with Gasteiger partial charge >= 0.3 is 0 Å². The zero-order chi connectivity index (χ0) is 15.0. The van der Waals surface area contributed by atoms with Crippen molar-refractivity contribution in [2.75, 3.05) is 20.3 Å². The first-order valence-electron chi connectivity index (χ1n) is 7.13. The molecule has 21 heavy (non-hydrogen) atoms. The third kappa shape index (κ3) is 2.49. The number of amides is 2. The fraction of sp³-hybridized carbons (Fsp3) is 0.438. The Kier molecular flexibility index (Phi) is 3.59. The lowest BCUT2D eigenvalue weighted by molar-refractivity contribution is -0.127. The molecule has 2 amide bonds. The van der Waals surface area contributed by atoms with Crippen LogP contribution < -0.4 is 0 Å². The van der Waals surface area contributed by atoms with Gasteiger partial charge in [-0.05, 0) is 24.5 Å². The van der Waals surface area contributed by atoms with Crippen LogP contribution in [-0.2, 0) is 16.0 Å². The average molecular weight is 287 g/mol. The van der Waals surface area contributed by atoms with Crippen molar-refractivity contribution in [1.82, 2.24) is 4.90 Å². The summed E-state index contributed by atoms with van der Waals surface area (Å²) < 4.78 is 5.27. The molecule has 0 atom stereocenters. The highest BCUT2D eigenvalue weighted by Crippen LogP contribution is 2.24. The summed E-state index contributed by atoms with van der Waals surface area (Å²) in [5.74, 6) is -0.512. The van der Waals surface area contributed by atoms with Crippen LogP contribution in [0.1, 0.15) is 39.1 Å². The van der Waals surface area contributed by atoms with Crippen LogP contribution in [0.3, 0.4) is 0 Å². The van der Waals surface area contributed by atoms with Crippen molar-refractivity contribution in [3.05, 3.63) is 34.9 Å². The number of fused-ring (bicyclic) bond motifs is 1. The first-order valence-corrected chi connectivity index (χ1v) is 7.13. The zero-order valence-electron chi connectivity index (χ0n) is 11.9. The van der Waals surface area contributed by atoms with Gasteiger partial charge in [0, 0.05) is 37.3 Å². The van der Waals surface area contributed by atoms with Gasteiger partial charge in [0.2, 0.25) is 5.91 Å². The predicted octanol–water partition coefficient (Wildman–Crippen LogP) is 1.45. The van der Waals surface area contributed by atoms with Crippen LogP contribution in [0, 0.1) is 5.92 Å². The summed E-state index contributed by atoms with van der Waals surface area (Å²) in [7, 11) is 1.47. The molecule has 0 spiro atoms. The molecule has 5 heteroatoms. The van der Waals surface area contributed by atoms with Gasteiger partial charge in [0.1, 0.15) is 0 Å². The lowest BCUT2D eigenvalue weighted by Gasteiger charge is -2.24. The molecular formula is C16H17NO4. The Morgan fingerprint density at radius 1 is 1.24 bits per heavy atom. The van der Waals surface area contributed by atoms with Gasteiger partial charge in [-0.1, -0.05) is 12.1 Å². The summed E-state index contributed by atoms with van der Waals surface area (Å²) in [5.41, 5.74) is 1.72. The molecule has 0 unspecified atom stereocenters. The van der Waals surface area contributed by atoms with E-state index in [9.17, 15) is 14.4 Å². The summed E-state index contributed by atoms with van der Waals surface area (Å²) >= 11 is 0. The van der Waals surface area contributed by atoms with Crippen molar-refractivity contribution in [2.45, 2.75) is 19.3 Å². The molecule has 0 radical (unpaired) electrons. The fourth-order valence-corrected chi connectivity index (χ4v) is 2.85. The third-order valence-electron chi connectivity index (χ3n) is 4.24. The maximum Gasteiger partial charge on any atom is 0.260 e. The predicted molar refractivity (Wildman–Crippen MR) is 75.1 cm³/mol. The number of nitrogens with zero attached hydrogens (tertiary/aromatic N) is 1. The lowest BCUT2D eigenvalue weighted by atomic mass is 9.88. The molecule has 1 aromatic rings. The van der Waals surface area contributed by atoms with Gasteiger partial charge in [0.25, 0.3) is 5.91 Å². The standard InChI is InChI=1S/C16H17NO4/c1-17-14(18)9-11-2-3-12(8-13(11)16(17)20)15(19)10-4-6-21-7-5-10/h2-3,8,10H,4-7,9H2,1H3. The molecule has 0 saturated carbocycles. The van der Waals surface area contributed by atoms with Crippen LogP contribution in [0.5, 0.6) is 0 Å². The SMILES string of the molecule is CN1C(=O)Cc2ccc(C(=O)C3CCOCC3)cc2C1=O. The minimum atomic E-state index is -0.331. The number of benzene rings is 1. The van der Waals surface area contributed by atoms with Gasteiger partial charge in [-0.3, -0.25) is 19.3 Å². The van der Waals surface area contributed by atoms with E-state index in [1.807, 2.05) is 0 Å². The molecule has 1 saturated heterocycles. The Bertz CT molecular complexity index is 617. The maximum absolute atomic E-state index is 12.5. The largest absolute Gasteiger partial charge is 0.381 e. The van der Waals surface area contributed by atoms with E-state index in [-0.39, 0.29) is 29.9 Å². The van der Waals surface area contributed by atoms with Crippen molar-refractivity contribution < 1.29 is 19.1 Å². The Morgan fingerprint density at radius 2 is 1.95 bits per heavy atom. The molecule has 2 aliphatic heterocycles. The van der Waals surface area contributed by atoms with Gasteiger partial charge in [-0.25, -0.2) is 0 Å². The molecule has 1 aromatic carbocycles. The van der Waals surface area contributed by atoms with Crippen molar-refractivity contribution in [1.29, 1.82) is 0 Å². The number of carbonyl (C=O) groups is 3. The molecular weight excluding hydrogens is 270 g/mol. The highest BCUT2D eigenvalue weighted by Gasteiger charge is 2.30. The van der Waals surface area contributed by atoms with Gasteiger partial charge in [0.05, 0.1) is 6.42 Å². The van der Waals surface area contributed by atoms with Crippen LogP contribution in [0.4, 0.5) is 0 Å². The number of carbonyl (C=O) groups excluding carboxylic acids is 3. The van der Waals surface area contributed by atoms with Crippen molar-refractivity contribution >= 4 is 17.6 Å². The number of imide groups is 1. The van der Waals surface area contributed by atoms with Crippen LogP contribution in [0.25, 0.3) is 0 Å². The monoisotopic (exact) mass is 287 g/mol. The molecule has 2 heterocycles. The third-order valence-corrected chi connectivity index (χ3v) is 4.24. The maximum atomic E-state index is 12.5. The first kappa shape index (κ1) is 13.9. The van der Waals surface area contributed by atoms with E-state index in [1.165, 1.54) is 7.05 Å². The quantitative estimate of drug-likeness (QED) is 0.610. The Labute approximate surface area is 122 Å². The molecule has 2 aliphatic rings. The Morgan fingerprint density at radius 3 is 2.67 bits per heavy atom. The van der Waals surface area contributed by atoms with Gasteiger partial charge in [-0.15, -0.1) is 0 Å². The smallest absolute Gasteiger partial charge is 0.260 e. The number of ether oxygens (including phenoxy) is 1. The van der Waals surface area contributed by atoms with Gasteiger partial charge < -0.3 is 4.74 Å². The van der Waals surface area contributed by atoms with Crippen LogP contribution in [0.15, 0.2) is 18.2 Å². The van der Waals surface area contributed by atoms with E-state index in [0.29, 0.717) is 29.9 Å². The molecule has 5 nitrogen and oxygen atoms in total. The second kappa shape index (κ2) is 5.41. The van der Waals surface area contributed by atoms with E-state index in [2.05, 4.69) is 0 Å². The van der Waals surface area contributed by atoms with E-state index < -0.39 is 0 Å². The molecule has 110 valence electrons. The average Bonchev–Trinajstić information content (AvgIpc) is 2.53. The van der Waals surface area contributed by atoms with Crippen molar-refractivity contribution in [3.63, 3.8) is 0 Å². The van der Waals surface area contributed by atoms with E-state index in [0.717, 1.165) is 17.7 Å². The highest BCUT2D eigenvalue weighted by atomic mass is 16.5. The minimum absolute atomic E-state index is 0.0325. The first-order chi connectivity index (χ1) is 10.1.